The van der Waals surface area contributed by atoms with E-state index >= 15 is 0 Å². The molecule has 1 saturated carbocycles. The molecule has 10 nitrogen and oxygen atoms in total. The summed E-state index contributed by atoms with van der Waals surface area (Å²) in [4.78, 5) is 27.6. The summed E-state index contributed by atoms with van der Waals surface area (Å²) >= 11 is 0. The first-order valence-corrected chi connectivity index (χ1v) is 17.9. The summed E-state index contributed by atoms with van der Waals surface area (Å²) in [6, 6.07) is 15.4. The lowest BCUT2D eigenvalue weighted by Crippen LogP contribution is -2.31. The van der Waals surface area contributed by atoms with E-state index in [4.69, 9.17) is 0 Å². The highest BCUT2D eigenvalue weighted by atomic mass is 32.2. The van der Waals surface area contributed by atoms with Crippen LogP contribution in [0.1, 0.15) is 81.7 Å². The Hall–Kier alpha value is -5.06. The Bertz CT molecular complexity index is 2060. The summed E-state index contributed by atoms with van der Waals surface area (Å²) in [5.41, 5.74) is -1.81. The molecule has 1 aromatic heterocycles. The van der Waals surface area contributed by atoms with Gasteiger partial charge in [0.15, 0.2) is 5.69 Å². The number of anilines is 2. The van der Waals surface area contributed by atoms with Crippen molar-refractivity contribution in [2.24, 2.45) is 0 Å². The molecule has 3 aromatic carbocycles. The van der Waals surface area contributed by atoms with Crippen LogP contribution in [0, 0.1) is 0 Å². The van der Waals surface area contributed by atoms with Crippen LogP contribution in [0.4, 0.5) is 37.8 Å². The van der Waals surface area contributed by atoms with Crippen molar-refractivity contribution in [3.63, 3.8) is 0 Å². The van der Waals surface area contributed by atoms with Crippen molar-refractivity contribution in [2.45, 2.75) is 75.0 Å². The molecule has 1 fully saturated rings. The Balaban J connectivity index is 1.14. The number of nitrogens with one attached hydrogen (secondary N) is 3. The number of carbonyl (C=O) groups is 2. The maximum absolute atomic E-state index is 14.1. The van der Waals surface area contributed by atoms with Crippen LogP contribution in [0.15, 0.2) is 77.7 Å². The van der Waals surface area contributed by atoms with Gasteiger partial charge in [-0.3, -0.25) is 9.59 Å². The monoisotopic (exact) mass is 748 g/mol. The van der Waals surface area contributed by atoms with E-state index < -0.39 is 57.1 Å². The van der Waals surface area contributed by atoms with Gasteiger partial charge in [0.2, 0.25) is 0 Å². The zero-order chi connectivity index (χ0) is 37.4. The number of fused-ring (bicyclic) bond motifs is 1. The van der Waals surface area contributed by atoms with Gasteiger partial charge in [-0.05, 0) is 79.4 Å². The van der Waals surface area contributed by atoms with Gasteiger partial charge in [0.1, 0.15) is 11.4 Å². The zero-order valence-electron chi connectivity index (χ0n) is 27.7. The standard InChI is InChI=1S/C35H34F6N6O4S/c1-21(23-9-11-24(12-10-23)31(48)45-52(50,51)28-15-13-27(14-16-28)43-26-7-2-3-8-26)42-32(49)29-30(35(39,40)41)44-47-18-17-46(33(29)47)20-22-5-4-6-25(19-22)34(36,37)38/h4-6,9-16,19,21,26,43H,2-3,7-8,17-18,20H2,1H3,(H,42,49)(H,45,48)/t21-/m0/s1. The SMILES string of the molecule is C[C@H](NC(=O)c1c(C(F)(F)F)nn2c1N(Cc1cccc(C(F)(F)F)c1)CC2)c1ccc(C(=O)NS(=O)(=O)c2ccc(NC3CCCC3)cc2)cc1. The second-order valence-corrected chi connectivity index (χ2v) is 14.5. The van der Waals surface area contributed by atoms with Crippen LogP contribution in [0.25, 0.3) is 0 Å². The van der Waals surface area contributed by atoms with Gasteiger partial charge in [-0.1, -0.05) is 37.1 Å². The van der Waals surface area contributed by atoms with Crippen LogP contribution in [0.2, 0.25) is 0 Å². The van der Waals surface area contributed by atoms with Gasteiger partial charge in [0.25, 0.3) is 21.8 Å². The molecule has 4 aromatic rings. The minimum atomic E-state index is -5.02. The van der Waals surface area contributed by atoms with Gasteiger partial charge in [0, 0.05) is 30.4 Å². The zero-order valence-corrected chi connectivity index (χ0v) is 28.5. The van der Waals surface area contributed by atoms with Crippen LogP contribution in [0.5, 0.6) is 0 Å². The number of carbonyl (C=O) groups excluding carboxylic acids is 2. The number of sulfonamides is 1. The summed E-state index contributed by atoms with van der Waals surface area (Å²) in [6.07, 6.45) is -5.28. The van der Waals surface area contributed by atoms with Crippen molar-refractivity contribution >= 4 is 33.3 Å². The molecule has 3 N–H and O–H groups in total. The Morgan fingerprint density at radius 2 is 1.56 bits per heavy atom. The van der Waals surface area contributed by atoms with E-state index in [1.165, 1.54) is 60.4 Å². The third-order valence-electron chi connectivity index (χ3n) is 9.07. The van der Waals surface area contributed by atoms with E-state index in [0.717, 1.165) is 48.2 Å². The number of amides is 2. The van der Waals surface area contributed by atoms with Crippen LogP contribution >= 0.6 is 0 Å². The lowest BCUT2D eigenvalue weighted by Gasteiger charge is -2.21. The Morgan fingerprint density at radius 1 is 0.885 bits per heavy atom. The van der Waals surface area contributed by atoms with Crippen molar-refractivity contribution in [1.82, 2.24) is 19.8 Å². The predicted molar refractivity (Wildman–Crippen MR) is 179 cm³/mol. The van der Waals surface area contributed by atoms with E-state index in [-0.39, 0.29) is 41.5 Å². The first-order valence-electron chi connectivity index (χ1n) is 16.4. The number of aromatic nitrogens is 2. The molecule has 0 radical (unpaired) electrons. The molecule has 1 atom stereocenters. The molecule has 0 spiro atoms. The van der Waals surface area contributed by atoms with Crippen LogP contribution < -0.4 is 20.3 Å². The van der Waals surface area contributed by atoms with Crippen LogP contribution in [-0.4, -0.2) is 42.6 Å². The number of benzene rings is 3. The number of alkyl halides is 6. The van der Waals surface area contributed by atoms with E-state index in [9.17, 15) is 44.3 Å². The molecule has 1 aliphatic carbocycles. The highest BCUT2D eigenvalue weighted by Gasteiger charge is 2.44. The van der Waals surface area contributed by atoms with Crippen LogP contribution in [-0.2, 0) is 35.5 Å². The fraction of sp³-hybridized carbons (Fsp3) is 0.343. The largest absolute Gasteiger partial charge is 0.436 e. The lowest BCUT2D eigenvalue weighted by atomic mass is 10.0. The summed E-state index contributed by atoms with van der Waals surface area (Å²) in [5, 5.41) is 9.51. The highest BCUT2D eigenvalue weighted by Crippen LogP contribution is 2.39. The molecule has 0 bridgehead atoms. The van der Waals surface area contributed by atoms with Crippen LogP contribution in [0.3, 0.4) is 0 Å². The molecular formula is C35H34F6N6O4S. The predicted octanol–water partition coefficient (Wildman–Crippen LogP) is 6.91. The molecule has 52 heavy (non-hydrogen) atoms. The van der Waals surface area contributed by atoms with Crippen molar-refractivity contribution < 1.29 is 44.3 Å². The normalized spacial score (nSPS) is 15.7. The number of hydrogen-bond acceptors (Lipinski definition) is 7. The number of nitrogens with zero attached hydrogens (tertiary/aromatic N) is 3. The average molecular weight is 749 g/mol. The van der Waals surface area contributed by atoms with Gasteiger partial charge >= 0.3 is 12.4 Å². The molecule has 2 heterocycles. The molecule has 1 aliphatic heterocycles. The van der Waals surface area contributed by atoms with Gasteiger partial charge in [-0.15, -0.1) is 0 Å². The minimum absolute atomic E-state index is 0.0237. The van der Waals surface area contributed by atoms with Gasteiger partial charge in [0.05, 0.1) is 23.0 Å². The first kappa shape index (κ1) is 36.7. The molecule has 6 rings (SSSR count). The molecule has 17 heteroatoms. The van der Waals surface area contributed by atoms with Gasteiger partial charge in [-0.25, -0.2) is 17.8 Å². The fourth-order valence-electron chi connectivity index (χ4n) is 6.43. The quantitative estimate of drug-likeness (QED) is 0.151. The highest BCUT2D eigenvalue weighted by molar-refractivity contribution is 7.90. The number of hydrogen-bond donors (Lipinski definition) is 3. The average Bonchev–Trinajstić information content (AvgIpc) is 3.83. The Kier molecular flexibility index (Phi) is 10.0. The van der Waals surface area contributed by atoms with Gasteiger partial charge in [-0.2, -0.15) is 31.4 Å². The van der Waals surface area contributed by atoms with E-state index in [2.05, 4.69) is 15.7 Å². The van der Waals surface area contributed by atoms with Gasteiger partial charge < -0.3 is 15.5 Å². The smallest absolute Gasteiger partial charge is 0.382 e. The first-order chi connectivity index (χ1) is 24.5. The number of rotatable bonds is 10. The second kappa shape index (κ2) is 14.2. The van der Waals surface area contributed by atoms with E-state index in [0.29, 0.717) is 11.6 Å². The van der Waals surface area contributed by atoms with Crippen molar-refractivity contribution in [3.8, 4) is 0 Å². The summed E-state index contributed by atoms with van der Waals surface area (Å²) in [6.45, 7) is 1.38. The maximum atomic E-state index is 14.1. The molecule has 2 amide bonds. The molecule has 0 unspecified atom stereocenters. The Labute approximate surface area is 295 Å². The third kappa shape index (κ3) is 8.03. The second-order valence-electron chi connectivity index (χ2n) is 12.8. The molecule has 0 saturated heterocycles. The van der Waals surface area contributed by atoms with E-state index in [1.54, 1.807) is 12.1 Å². The Morgan fingerprint density at radius 3 is 2.19 bits per heavy atom. The van der Waals surface area contributed by atoms with Crippen molar-refractivity contribution in [3.05, 3.63) is 106 Å². The molecule has 2 aliphatic rings. The maximum Gasteiger partial charge on any atom is 0.436 e. The summed E-state index contributed by atoms with van der Waals surface area (Å²) in [5.74, 6) is -2.21. The number of halogens is 6. The fourth-order valence-corrected chi connectivity index (χ4v) is 7.41. The topological polar surface area (TPSA) is 125 Å². The van der Waals surface area contributed by atoms with Crippen molar-refractivity contribution in [2.75, 3.05) is 16.8 Å². The summed E-state index contributed by atoms with van der Waals surface area (Å²) < 4.78 is 111. The van der Waals surface area contributed by atoms with E-state index in [1.807, 2.05) is 4.72 Å². The minimum Gasteiger partial charge on any atom is -0.382 e. The summed E-state index contributed by atoms with van der Waals surface area (Å²) in [7, 11) is -4.21. The lowest BCUT2D eigenvalue weighted by molar-refractivity contribution is -0.142. The third-order valence-corrected chi connectivity index (χ3v) is 10.4. The van der Waals surface area contributed by atoms with Crippen molar-refractivity contribution in [1.29, 1.82) is 0 Å². The molecular weight excluding hydrogens is 714 g/mol. The molecule has 276 valence electrons.